The maximum atomic E-state index is 9.51. The smallest absolute Gasteiger partial charge is 0.224 e. The third-order valence-corrected chi connectivity index (χ3v) is 7.05. The van der Waals surface area contributed by atoms with Gasteiger partial charge in [-0.3, -0.25) is 0 Å². The first-order valence-corrected chi connectivity index (χ1v) is 12.3. The molecule has 1 aromatic heterocycles. The van der Waals surface area contributed by atoms with Crippen LogP contribution >= 0.6 is 0 Å². The number of nitriles is 1. The van der Waals surface area contributed by atoms with Crippen LogP contribution in [0.3, 0.4) is 0 Å². The van der Waals surface area contributed by atoms with Gasteiger partial charge in [-0.1, -0.05) is 36.4 Å². The highest BCUT2D eigenvalue weighted by molar-refractivity contribution is 5.69. The molecule has 0 saturated heterocycles. The summed E-state index contributed by atoms with van der Waals surface area (Å²) in [5.41, 5.74) is 12.1. The monoisotopic (exact) mass is 470 g/mol. The highest BCUT2D eigenvalue weighted by Gasteiger charge is 2.21. The number of aliphatic hydroxyl groups is 1. The standard InChI is InChI=1S/C28H34N6O/c1-19-24(6-3-7-26(19)23-5-2-4-22(12-23)13-29)16-32-28-33-17-25(14-30)27(34-28)31-15-20-8-10-21(18-35)11-9-20/h2-7,12,17,20-21,35H,8-11,13,15-16,18,29H2,1H3,(H2,31,32,33,34). The predicted molar refractivity (Wildman–Crippen MR) is 140 cm³/mol. The van der Waals surface area contributed by atoms with Crippen molar-refractivity contribution >= 4 is 11.8 Å². The van der Waals surface area contributed by atoms with E-state index < -0.39 is 0 Å². The Labute approximate surface area is 207 Å². The molecule has 0 unspecified atom stereocenters. The quantitative estimate of drug-likeness (QED) is 0.361. The Hall–Kier alpha value is -3.47. The van der Waals surface area contributed by atoms with Crippen molar-refractivity contribution in [1.82, 2.24) is 9.97 Å². The average molecular weight is 471 g/mol. The molecular formula is C28H34N6O. The van der Waals surface area contributed by atoms with Gasteiger partial charge in [-0.25, -0.2) is 4.98 Å². The lowest BCUT2D eigenvalue weighted by Gasteiger charge is -2.27. The Morgan fingerprint density at radius 2 is 1.86 bits per heavy atom. The van der Waals surface area contributed by atoms with Crippen LogP contribution in [0.25, 0.3) is 11.1 Å². The molecule has 0 spiro atoms. The van der Waals surface area contributed by atoms with E-state index in [4.69, 9.17) is 5.73 Å². The lowest BCUT2D eigenvalue weighted by molar-refractivity contribution is 0.170. The number of hydrogen-bond acceptors (Lipinski definition) is 7. The molecule has 1 aliphatic carbocycles. The molecule has 0 amide bonds. The van der Waals surface area contributed by atoms with E-state index in [1.165, 1.54) is 11.1 Å². The number of nitrogens with zero attached hydrogens (tertiary/aromatic N) is 3. The van der Waals surface area contributed by atoms with E-state index in [2.05, 4.69) is 63.9 Å². The molecule has 1 saturated carbocycles. The summed E-state index contributed by atoms with van der Waals surface area (Å²) in [5, 5.41) is 25.6. The number of aromatic nitrogens is 2. The summed E-state index contributed by atoms with van der Waals surface area (Å²) in [6.45, 7) is 4.27. The van der Waals surface area contributed by atoms with E-state index in [0.29, 0.717) is 42.3 Å². The Morgan fingerprint density at radius 1 is 1.09 bits per heavy atom. The van der Waals surface area contributed by atoms with Crippen LogP contribution in [0.4, 0.5) is 11.8 Å². The summed E-state index contributed by atoms with van der Waals surface area (Å²) >= 11 is 0. The predicted octanol–water partition coefficient (Wildman–Crippen LogP) is 4.61. The van der Waals surface area contributed by atoms with Crippen molar-refractivity contribution in [3.05, 3.63) is 70.9 Å². The lowest BCUT2D eigenvalue weighted by Crippen LogP contribution is -2.23. The van der Waals surface area contributed by atoms with Crippen LogP contribution in [-0.4, -0.2) is 28.2 Å². The SMILES string of the molecule is Cc1c(CNc2ncc(C#N)c(NCC3CCC(CO)CC3)n2)cccc1-c1cccc(CN)c1. The molecule has 7 nitrogen and oxygen atoms in total. The van der Waals surface area contributed by atoms with Gasteiger partial charge < -0.3 is 21.5 Å². The molecule has 1 aliphatic rings. The van der Waals surface area contributed by atoms with Gasteiger partial charge in [0.15, 0.2) is 0 Å². The van der Waals surface area contributed by atoms with E-state index in [0.717, 1.165) is 48.9 Å². The summed E-state index contributed by atoms with van der Waals surface area (Å²) < 4.78 is 0. The molecule has 1 heterocycles. The molecule has 182 valence electrons. The first-order chi connectivity index (χ1) is 17.1. The molecule has 35 heavy (non-hydrogen) atoms. The maximum Gasteiger partial charge on any atom is 0.224 e. The first kappa shape index (κ1) is 24.6. The Balaban J connectivity index is 1.43. The molecule has 3 aromatic rings. The number of nitrogens with one attached hydrogen (secondary N) is 2. The van der Waals surface area contributed by atoms with Gasteiger partial charge in [0.2, 0.25) is 5.95 Å². The number of rotatable bonds is 9. The summed E-state index contributed by atoms with van der Waals surface area (Å²) in [7, 11) is 0. The largest absolute Gasteiger partial charge is 0.396 e. The van der Waals surface area contributed by atoms with E-state index in [1.54, 1.807) is 6.20 Å². The zero-order valence-electron chi connectivity index (χ0n) is 20.3. The zero-order chi connectivity index (χ0) is 24.6. The van der Waals surface area contributed by atoms with Crippen molar-refractivity contribution in [2.45, 2.75) is 45.7 Å². The highest BCUT2D eigenvalue weighted by atomic mass is 16.3. The molecular weight excluding hydrogens is 436 g/mol. The first-order valence-electron chi connectivity index (χ1n) is 12.3. The van der Waals surface area contributed by atoms with Crippen LogP contribution < -0.4 is 16.4 Å². The van der Waals surface area contributed by atoms with Crippen LogP contribution in [0, 0.1) is 30.1 Å². The highest BCUT2D eigenvalue weighted by Crippen LogP contribution is 2.29. The van der Waals surface area contributed by atoms with E-state index >= 15 is 0 Å². The van der Waals surface area contributed by atoms with E-state index in [-0.39, 0.29) is 6.61 Å². The van der Waals surface area contributed by atoms with Crippen LogP contribution in [-0.2, 0) is 13.1 Å². The van der Waals surface area contributed by atoms with E-state index in [1.807, 2.05) is 12.1 Å². The van der Waals surface area contributed by atoms with Crippen molar-refractivity contribution < 1.29 is 5.11 Å². The van der Waals surface area contributed by atoms with Gasteiger partial charge in [0, 0.05) is 26.2 Å². The van der Waals surface area contributed by atoms with Crippen molar-refractivity contribution in [3.63, 3.8) is 0 Å². The van der Waals surface area contributed by atoms with Gasteiger partial charge in [0.1, 0.15) is 17.5 Å². The number of anilines is 2. The third kappa shape index (κ3) is 6.16. The van der Waals surface area contributed by atoms with Gasteiger partial charge in [0.05, 0.1) is 6.20 Å². The minimum absolute atomic E-state index is 0.280. The number of aliphatic hydroxyl groups excluding tert-OH is 1. The summed E-state index contributed by atoms with van der Waals surface area (Å²) in [6, 6.07) is 16.8. The molecule has 0 atom stereocenters. The number of hydrogen-bond donors (Lipinski definition) is 4. The minimum atomic E-state index is 0.280. The molecule has 1 fully saturated rings. The van der Waals surface area contributed by atoms with Crippen molar-refractivity contribution in [1.29, 1.82) is 5.26 Å². The molecule has 0 radical (unpaired) electrons. The van der Waals surface area contributed by atoms with Crippen LogP contribution in [0.1, 0.15) is 47.9 Å². The van der Waals surface area contributed by atoms with Gasteiger partial charge in [-0.15, -0.1) is 0 Å². The Kier molecular flexibility index (Phi) is 8.30. The normalized spacial score (nSPS) is 17.5. The summed E-state index contributed by atoms with van der Waals surface area (Å²) in [5.74, 6) is 2.02. The van der Waals surface area contributed by atoms with Crippen LogP contribution in [0.15, 0.2) is 48.7 Å². The van der Waals surface area contributed by atoms with Gasteiger partial charge in [0.25, 0.3) is 0 Å². The fraction of sp³-hybridized carbons (Fsp3) is 0.393. The van der Waals surface area contributed by atoms with E-state index in [9.17, 15) is 10.4 Å². The topological polar surface area (TPSA) is 120 Å². The van der Waals surface area contributed by atoms with Gasteiger partial charge in [-0.05, 0) is 78.3 Å². The van der Waals surface area contributed by atoms with Crippen LogP contribution in [0.2, 0.25) is 0 Å². The van der Waals surface area contributed by atoms with Crippen molar-refractivity contribution in [3.8, 4) is 17.2 Å². The fourth-order valence-electron chi connectivity index (χ4n) is 4.77. The molecule has 7 heteroatoms. The number of nitrogens with two attached hydrogens (primary N) is 1. The average Bonchev–Trinajstić information content (AvgIpc) is 2.91. The molecule has 2 aromatic carbocycles. The van der Waals surface area contributed by atoms with Crippen LogP contribution in [0.5, 0.6) is 0 Å². The molecule has 4 rings (SSSR count). The molecule has 5 N–H and O–H groups in total. The van der Waals surface area contributed by atoms with Gasteiger partial charge in [-0.2, -0.15) is 10.2 Å². The third-order valence-electron chi connectivity index (χ3n) is 7.05. The van der Waals surface area contributed by atoms with Gasteiger partial charge >= 0.3 is 0 Å². The molecule has 0 bridgehead atoms. The fourth-order valence-corrected chi connectivity index (χ4v) is 4.77. The summed E-state index contributed by atoms with van der Waals surface area (Å²) in [6.07, 6.45) is 5.85. The van der Waals surface area contributed by atoms with Crippen molar-refractivity contribution in [2.24, 2.45) is 17.6 Å². The second-order valence-electron chi connectivity index (χ2n) is 9.37. The van der Waals surface area contributed by atoms with Crippen molar-refractivity contribution in [2.75, 3.05) is 23.8 Å². The number of benzene rings is 2. The lowest BCUT2D eigenvalue weighted by atomic mass is 9.82. The Morgan fingerprint density at radius 3 is 2.60 bits per heavy atom. The Bertz CT molecular complexity index is 1180. The second kappa shape index (κ2) is 11.8. The molecule has 0 aliphatic heterocycles. The summed E-state index contributed by atoms with van der Waals surface area (Å²) in [4.78, 5) is 8.94. The second-order valence-corrected chi connectivity index (χ2v) is 9.37. The zero-order valence-corrected chi connectivity index (χ0v) is 20.3. The maximum absolute atomic E-state index is 9.51. The minimum Gasteiger partial charge on any atom is -0.396 e.